The number of hydrogen-bond acceptors (Lipinski definition) is 4. The van der Waals surface area contributed by atoms with E-state index in [2.05, 4.69) is 4.98 Å². The molecule has 0 bridgehead atoms. The van der Waals surface area contributed by atoms with Crippen molar-refractivity contribution in [2.75, 3.05) is 0 Å². The van der Waals surface area contributed by atoms with E-state index in [1.54, 1.807) is 0 Å². The lowest BCUT2D eigenvalue weighted by molar-refractivity contribution is -0.390. The van der Waals surface area contributed by atoms with E-state index in [4.69, 9.17) is 5.26 Å². The predicted molar refractivity (Wildman–Crippen MR) is 40.6 cm³/mol. The number of rotatable bonds is 1. The molecule has 1 aromatic rings. The first-order chi connectivity index (χ1) is 6.86. The maximum Gasteiger partial charge on any atom is 0.459 e. The van der Waals surface area contributed by atoms with Crippen LogP contribution in [0.4, 0.5) is 19.0 Å². The van der Waals surface area contributed by atoms with Gasteiger partial charge >= 0.3 is 12.0 Å². The third kappa shape index (κ3) is 2.19. The first-order valence-corrected chi connectivity index (χ1v) is 3.49. The Labute approximate surface area is 80.9 Å². The highest BCUT2D eigenvalue weighted by Crippen LogP contribution is 2.31. The lowest BCUT2D eigenvalue weighted by Gasteiger charge is -2.02. The normalized spacial score (nSPS) is 10.8. The molecule has 0 N–H and O–H groups in total. The number of halogens is 3. The van der Waals surface area contributed by atoms with Crippen molar-refractivity contribution < 1.29 is 18.1 Å². The van der Waals surface area contributed by atoms with Gasteiger partial charge in [-0.2, -0.15) is 18.4 Å². The third-order valence-corrected chi connectivity index (χ3v) is 1.46. The summed E-state index contributed by atoms with van der Waals surface area (Å²) in [5.41, 5.74) is -2.28. The number of nitriles is 1. The first-order valence-electron chi connectivity index (χ1n) is 3.49. The second-order valence-corrected chi connectivity index (χ2v) is 2.43. The summed E-state index contributed by atoms with van der Waals surface area (Å²) in [5.74, 6) is -0.943. The summed E-state index contributed by atoms with van der Waals surface area (Å²) < 4.78 is 36.7. The van der Waals surface area contributed by atoms with E-state index in [-0.39, 0.29) is 0 Å². The Balaban J connectivity index is 3.40. The summed E-state index contributed by atoms with van der Waals surface area (Å²) in [4.78, 5) is 11.9. The zero-order valence-corrected chi connectivity index (χ0v) is 6.95. The van der Waals surface area contributed by atoms with Crippen LogP contribution in [0.1, 0.15) is 11.3 Å². The van der Waals surface area contributed by atoms with Crippen LogP contribution in [0.25, 0.3) is 0 Å². The summed E-state index contributed by atoms with van der Waals surface area (Å²) in [6.07, 6.45) is -4.88. The quantitative estimate of drug-likeness (QED) is 0.531. The van der Waals surface area contributed by atoms with Crippen molar-refractivity contribution in [1.82, 2.24) is 4.98 Å². The van der Waals surface area contributed by atoms with Crippen LogP contribution in [-0.4, -0.2) is 9.91 Å². The highest BCUT2D eigenvalue weighted by Gasteiger charge is 2.41. The van der Waals surface area contributed by atoms with Crippen LogP contribution >= 0.6 is 0 Å². The number of aromatic nitrogens is 1. The fourth-order valence-electron chi connectivity index (χ4n) is 0.857. The zero-order chi connectivity index (χ0) is 11.6. The number of nitro groups is 1. The monoisotopic (exact) mass is 217 g/mol. The molecule has 1 heterocycles. The largest absolute Gasteiger partial charge is 0.459 e. The van der Waals surface area contributed by atoms with E-state index in [1.807, 2.05) is 0 Å². The van der Waals surface area contributed by atoms with Crippen LogP contribution < -0.4 is 0 Å². The molecule has 15 heavy (non-hydrogen) atoms. The summed E-state index contributed by atoms with van der Waals surface area (Å²) >= 11 is 0. The minimum Gasteiger partial charge on any atom is -0.358 e. The van der Waals surface area contributed by atoms with Gasteiger partial charge in [0.15, 0.2) is 0 Å². The molecule has 0 fully saturated rings. The molecule has 0 aliphatic heterocycles. The van der Waals surface area contributed by atoms with Crippen LogP contribution in [0.3, 0.4) is 0 Å². The topological polar surface area (TPSA) is 79.8 Å². The standard InChI is InChI=1S/C7H2F3N3O2/c8-7(9,10)6-4(3-11)1-2-5(12-6)13(14)15/h1-2H. The van der Waals surface area contributed by atoms with Crippen molar-refractivity contribution in [1.29, 1.82) is 5.26 Å². The average molecular weight is 217 g/mol. The van der Waals surface area contributed by atoms with Gasteiger partial charge in [-0.15, -0.1) is 0 Å². The molecule has 5 nitrogen and oxygen atoms in total. The maximum absolute atomic E-state index is 12.2. The van der Waals surface area contributed by atoms with Gasteiger partial charge in [0.25, 0.3) is 5.69 Å². The number of nitrogens with zero attached hydrogens (tertiary/aromatic N) is 3. The van der Waals surface area contributed by atoms with E-state index < -0.39 is 28.2 Å². The summed E-state index contributed by atoms with van der Waals surface area (Å²) in [7, 11) is 0. The van der Waals surface area contributed by atoms with E-state index in [9.17, 15) is 23.3 Å². The molecule has 0 aliphatic rings. The van der Waals surface area contributed by atoms with Crippen molar-refractivity contribution in [2.24, 2.45) is 0 Å². The van der Waals surface area contributed by atoms with Gasteiger partial charge in [0.2, 0.25) is 0 Å². The first kappa shape index (κ1) is 10.9. The van der Waals surface area contributed by atoms with Crippen LogP contribution in [0, 0.1) is 21.4 Å². The Bertz CT molecular complexity index is 450. The van der Waals surface area contributed by atoms with Crippen LogP contribution in [-0.2, 0) is 6.18 Å². The van der Waals surface area contributed by atoms with E-state index >= 15 is 0 Å². The molecule has 0 saturated carbocycles. The van der Waals surface area contributed by atoms with Gasteiger partial charge in [-0.05, 0) is 16.0 Å². The van der Waals surface area contributed by atoms with Gasteiger partial charge < -0.3 is 10.1 Å². The Morgan fingerprint density at radius 3 is 2.47 bits per heavy atom. The average Bonchev–Trinajstić information content (AvgIpc) is 2.15. The van der Waals surface area contributed by atoms with Gasteiger partial charge in [0, 0.05) is 6.07 Å². The van der Waals surface area contributed by atoms with Crippen molar-refractivity contribution >= 4 is 5.82 Å². The van der Waals surface area contributed by atoms with Crippen molar-refractivity contribution in [3.05, 3.63) is 33.5 Å². The molecule has 0 atom stereocenters. The van der Waals surface area contributed by atoms with Crippen molar-refractivity contribution in [3.8, 4) is 6.07 Å². The Kier molecular flexibility index (Phi) is 2.57. The van der Waals surface area contributed by atoms with Gasteiger partial charge in [-0.1, -0.05) is 0 Å². The van der Waals surface area contributed by atoms with Gasteiger partial charge in [-0.3, -0.25) is 0 Å². The molecule has 0 aliphatic carbocycles. The molecule has 8 heteroatoms. The molecule has 0 unspecified atom stereocenters. The molecule has 1 aromatic heterocycles. The number of hydrogen-bond donors (Lipinski definition) is 0. The predicted octanol–water partition coefficient (Wildman–Crippen LogP) is 1.88. The lowest BCUT2D eigenvalue weighted by Crippen LogP contribution is -2.11. The highest BCUT2D eigenvalue weighted by atomic mass is 19.4. The van der Waals surface area contributed by atoms with Crippen molar-refractivity contribution in [2.45, 2.75) is 6.18 Å². The summed E-state index contributed by atoms with van der Waals surface area (Å²) in [6, 6.07) is 2.72. The molecule has 0 amide bonds. The molecule has 0 aromatic carbocycles. The highest BCUT2D eigenvalue weighted by molar-refractivity contribution is 5.39. The van der Waals surface area contributed by atoms with Crippen LogP contribution in [0.5, 0.6) is 0 Å². The molecule has 1 rings (SSSR count). The smallest absolute Gasteiger partial charge is 0.358 e. The fourth-order valence-corrected chi connectivity index (χ4v) is 0.857. The minimum absolute atomic E-state index is 0.716. The minimum atomic E-state index is -4.88. The molecule has 78 valence electrons. The number of pyridine rings is 1. The summed E-state index contributed by atoms with van der Waals surface area (Å²) in [5, 5.41) is 18.5. The third-order valence-electron chi connectivity index (χ3n) is 1.46. The van der Waals surface area contributed by atoms with E-state index in [0.29, 0.717) is 6.07 Å². The van der Waals surface area contributed by atoms with Gasteiger partial charge in [-0.25, -0.2) is 0 Å². The fraction of sp³-hybridized carbons (Fsp3) is 0.143. The van der Waals surface area contributed by atoms with E-state index in [1.165, 1.54) is 6.07 Å². The van der Waals surface area contributed by atoms with E-state index in [0.717, 1.165) is 6.07 Å². The Morgan fingerprint density at radius 1 is 1.47 bits per heavy atom. The molecular formula is C7H2F3N3O2. The Hall–Kier alpha value is -2.17. The van der Waals surface area contributed by atoms with Crippen LogP contribution in [0.2, 0.25) is 0 Å². The molecule has 0 saturated heterocycles. The second-order valence-electron chi connectivity index (χ2n) is 2.43. The summed E-state index contributed by atoms with van der Waals surface area (Å²) in [6.45, 7) is 0. The SMILES string of the molecule is N#Cc1ccc([N+](=O)[O-])nc1C(F)(F)F. The molecule has 0 spiro atoms. The molecular weight excluding hydrogens is 215 g/mol. The van der Waals surface area contributed by atoms with Crippen LogP contribution in [0.15, 0.2) is 12.1 Å². The molecule has 0 radical (unpaired) electrons. The van der Waals surface area contributed by atoms with Gasteiger partial charge in [0.05, 0.1) is 0 Å². The number of alkyl halides is 3. The lowest BCUT2D eigenvalue weighted by atomic mass is 10.2. The van der Waals surface area contributed by atoms with Gasteiger partial charge in [0.1, 0.15) is 11.6 Å². The zero-order valence-electron chi connectivity index (χ0n) is 6.95. The second kappa shape index (κ2) is 3.53. The van der Waals surface area contributed by atoms with Crippen molar-refractivity contribution in [3.63, 3.8) is 0 Å². The maximum atomic E-state index is 12.2. The Morgan fingerprint density at radius 2 is 2.07 bits per heavy atom.